The second-order valence-electron chi connectivity index (χ2n) is 6.08. The summed E-state index contributed by atoms with van der Waals surface area (Å²) in [5.41, 5.74) is 1.70. The van der Waals surface area contributed by atoms with Gasteiger partial charge in [0.1, 0.15) is 11.4 Å². The van der Waals surface area contributed by atoms with Gasteiger partial charge in [-0.05, 0) is 49.4 Å². The predicted molar refractivity (Wildman–Crippen MR) is 76.8 cm³/mol. The van der Waals surface area contributed by atoms with Gasteiger partial charge in [-0.25, -0.2) is 0 Å². The van der Waals surface area contributed by atoms with E-state index < -0.39 is 5.60 Å². The van der Waals surface area contributed by atoms with E-state index in [4.69, 9.17) is 4.74 Å². The Balaban J connectivity index is 1.72. The molecule has 3 N–H and O–H groups in total. The van der Waals surface area contributed by atoms with E-state index in [2.05, 4.69) is 5.32 Å². The Morgan fingerprint density at radius 3 is 3.05 bits per heavy atom. The lowest BCUT2D eigenvalue weighted by Crippen LogP contribution is -2.47. The fraction of sp³-hybridized carbons (Fsp3) is 0.625. The number of fused-ring (bicyclic) bond motifs is 1. The third-order valence-electron chi connectivity index (χ3n) is 4.76. The fourth-order valence-corrected chi connectivity index (χ4v) is 3.30. The van der Waals surface area contributed by atoms with Crippen LogP contribution in [0.15, 0.2) is 18.2 Å². The molecule has 4 nitrogen and oxygen atoms in total. The SMILES string of the molecule is CC1OCCC1(O)CNC1CCCc2ccc(O)cc21. The highest BCUT2D eigenvalue weighted by Gasteiger charge is 2.39. The van der Waals surface area contributed by atoms with Crippen molar-refractivity contribution in [1.82, 2.24) is 5.32 Å². The molecule has 1 aromatic carbocycles. The number of rotatable bonds is 3. The molecule has 1 heterocycles. The van der Waals surface area contributed by atoms with Gasteiger partial charge in [0.15, 0.2) is 0 Å². The molecule has 3 rings (SSSR count). The summed E-state index contributed by atoms with van der Waals surface area (Å²) in [7, 11) is 0. The van der Waals surface area contributed by atoms with Crippen molar-refractivity contribution in [2.24, 2.45) is 0 Å². The fourth-order valence-electron chi connectivity index (χ4n) is 3.30. The highest BCUT2D eigenvalue weighted by Crippen LogP contribution is 2.33. The molecular formula is C16H23NO3. The lowest BCUT2D eigenvalue weighted by Gasteiger charge is -2.32. The van der Waals surface area contributed by atoms with E-state index >= 15 is 0 Å². The number of phenols is 1. The van der Waals surface area contributed by atoms with Gasteiger partial charge in [-0.2, -0.15) is 0 Å². The zero-order chi connectivity index (χ0) is 14.2. The van der Waals surface area contributed by atoms with Crippen LogP contribution >= 0.6 is 0 Å². The van der Waals surface area contributed by atoms with Crippen molar-refractivity contribution in [1.29, 1.82) is 0 Å². The highest BCUT2D eigenvalue weighted by atomic mass is 16.5. The molecule has 1 aromatic rings. The van der Waals surface area contributed by atoms with Crippen LogP contribution in [0, 0.1) is 0 Å². The van der Waals surface area contributed by atoms with Gasteiger partial charge in [-0.1, -0.05) is 6.07 Å². The van der Waals surface area contributed by atoms with Crippen LogP contribution in [0.4, 0.5) is 0 Å². The van der Waals surface area contributed by atoms with Gasteiger partial charge in [0, 0.05) is 25.6 Å². The molecule has 4 heteroatoms. The summed E-state index contributed by atoms with van der Waals surface area (Å²) in [4.78, 5) is 0. The van der Waals surface area contributed by atoms with Crippen LogP contribution in [0.2, 0.25) is 0 Å². The van der Waals surface area contributed by atoms with Crippen molar-refractivity contribution < 1.29 is 14.9 Å². The summed E-state index contributed by atoms with van der Waals surface area (Å²) in [6, 6.07) is 5.82. The van der Waals surface area contributed by atoms with Gasteiger partial charge in [-0.3, -0.25) is 0 Å². The number of hydrogen-bond donors (Lipinski definition) is 3. The van der Waals surface area contributed by atoms with Crippen molar-refractivity contribution in [2.75, 3.05) is 13.2 Å². The molecule has 3 unspecified atom stereocenters. The zero-order valence-electron chi connectivity index (χ0n) is 11.9. The number of aliphatic hydroxyl groups is 1. The molecule has 1 aliphatic carbocycles. The second kappa shape index (κ2) is 5.35. The monoisotopic (exact) mass is 277 g/mol. The van der Waals surface area contributed by atoms with Gasteiger partial charge >= 0.3 is 0 Å². The molecule has 0 saturated carbocycles. The molecule has 0 amide bonds. The summed E-state index contributed by atoms with van der Waals surface area (Å²) >= 11 is 0. The van der Waals surface area contributed by atoms with E-state index in [0.29, 0.717) is 25.3 Å². The van der Waals surface area contributed by atoms with Crippen LogP contribution in [0.5, 0.6) is 5.75 Å². The number of aromatic hydroxyl groups is 1. The van der Waals surface area contributed by atoms with E-state index in [0.717, 1.165) is 19.3 Å². The molecule has 2 aliphatic rings. The van der Waals surface area contributed by atoms with Crippen molar-refractivity contribution in [3.63, 3.8) is 0 Å². The number of ether oxygens (including phenoxy) is 1. The van der Waals surface area contributed by atoms with Gasteiger partial charge in [-0.15, -0.1) is 0 Å². The third kappa shape index (κ3) is 2.55. The number of aryl methyl sites for hydroxylation is 1. The van der Waals surface area contributed by atoms with Crippen LogP contribution < -0.4 is 5.32 Å². The quantitative estimate of drug-likeness (QED) is 0.789. The maximum atomic E-state index is 10.6. The summed E-state index contributed by atoms with van der Waals surface area (Å²) in [5, 5.41) is 23.7. The summed E-state index contributed by atoms with van der Waals surface area (Å²) in [6.45, 7) is 3.09. The molecular weight excluding hydrogens is 254 g/mol. The highest BCUT2D eigenvalue weighted by molar-refractivity contribution is 5.38. The molecule has 0 aromatic heterocycles. The van der Waals surface area contributed by atoms with Crippen LogP contribution in [0.1, 0.15) is 43.4 Å². The average Bonchev–Trinajstić information content (AvgIpc) is 2.77. The Labute approximate surface area is 119 Å². The molecule has 1 aliphatic heterocycles. The van der Waals surface area contributed by atoms with Crippen molar-refractivity contribution in [3.05, 3.63) is 29.3 Å². The molecule has 0 spiro atoms. The summed E-state index contributed by atoms with van der Waals surface area (Å²) in [5.74, 6) is 0.314. The first kappa shape index (κ1) is 13.9. The van der Waals surface area contributed by atoms with Crippen LogP contribution in [-0.4, -0.2) is 35.1 Å². The van der Waals surface area contributed by atoms with E-state index in [-0.39, 0.29) is 12.1 Å². The second-order valence-corrected chi connectivity index (χ2v) is 6.08. The first-order valence-corrected chi connectivity index (χ1v) is 7.48. The van der Waals surface area contributed by atoms with Crippen molar-refractivity contribution in [2.45, 2.75) is 50.4 Å². The normalized spacial score (nSPS) is 33.1. The predicted octanol–water partition coefficient (Wildman–Crippen LogP) is 1.90. The van der Waals surface area contributed by atoms with Crippen LogP contribution in [0.3, 0.4) is 0 Å². The van der Waals surface area contributed by atoms with Gasteiger partial charge < -0.3 is 20.3 Å². The minimum absolute atomic E-state index is 0.123. The van der Waals surface area contributed by atoms with Gasteiger partial charge in [0.25, 0.3) is 0 Å². The molecule has 0 bridgehead atoms. The van der Waals surface area contributed by atoms with Gasteiger partial charge in [0.05, 0.1) is 6.10 Å². The Kier molecular flexibility index (Phi) is 3.71. The Morgan fingerprint density at radius 1 is 1.45 bits per heavy atom. The Hall–Kier alpha value is -1.10. The Bertz CT molecular complexity index is 491. The molecule has 20 heavy (non-hydrogen) atoms. The first-order chi connectivity index (χ1) is 9.58. The molecule has 1 saturated heterocycles. The lowest BCUT2D eigenvalue weighted by molar-refractivity contribution is -0.0280. The molecule has 0 radical (unpaired) electrons. The number of hydrogen-bond acceptors (Lipinski definition) is 4. The van der Waals surface area contributed by atoms with E-state index in [1.807, 2.05) is 19.1 Å². The van der Waals surface area contributed by atoms with Crippen molar-refractivity contribution in [3.8, 4) is 5.75 Å². The number of phenolic OH excluding ortho intramolecular Hbond substituents is 1. The van der Waals surface area contributed by atoms with E-state index in [1.165, 1.54) is 11.1 Å². The van der Waals surface area contributed by atoms with Crippen LogP contribution in [-0.2, 0) is 11.2 Å². The summed E-state index contributed by atoms with van der Waals surface area (Å²) < 4.78 is 5.47. The maximum absolute atomic E-state index is 10.6. The standard InChI is InChI=1S/C16H23NO3/c1-11-16(19,7-8-20-11)10-17-15-4-2-3-12-5-6-13(18)9-14(12)15/h5-6,9,11,15,17-19H,2-4,7-8,10H2,1H3. The largest absolute Gasteiger partial charge is 0.508 e. The van der Waals surface area contributed by atoms with Crippen molar-refractivity contribution >= 4 is 0 Å². The third-order valence-corrected chi connectivity index (χ3v) is 4.76. The summed E-state index contributed by atoms with van der Waals surface area (Å²) in [6.07, 6.45) is 3.81. The van der Waals surface area contributed by atoms with Gasteiger partial charge in [0.2, 0.25) is 0 Å². The molecule has 1 fully saturated rings. The topological polar surface area (TPSA) is 61.7 Å². The number of nitrogens with one attached hydrogen (secondary N) is 1. The lowest BCUT2D eigenvalue weighted by atomic mass is 9.86. The van der Waals surface area contributed by atoms with E-state index in [9.17, 15) is 10.2 Å². The maximum Gasteiger partial charge on any atom is 0.115 e. The zero-order valence-corrected chi connectivity index (χ0v) is 11.9. The minimum atomic E-state index is -0.769. The first-order valence-electron chi connectivity index (χ1n) is 7.48. The van der Waals surface area contributed by atoms with E-state index in [1.54, 1.807) is 6.07 Å². The van der Waals surface area contributed by atoms with Crippen LogP contribution in [0.25, 0.3) is 0 Å². The Morgan fingerprint density at radius 2 is 2.30 bits per heavy atom. The average molecular weight is 277 g/mol. The minimum Gasteiger partial charge on any atom is -0.508 e. The molecule has 110 valence electrons. The number of benzene rings is 1. The smallest absolute Gasteiger partial charge is 0.115 e. The molecule has 3 atom stereocenters.